The van der Waals surface area contributed by atoms with Gasteiger partial charge in [0.15, 0.2) is 0 Å². The lowest BCUT2D eigenvalue weighted by Crippen LogP contribution is -1.96. The summed E-state index contributed by atoms with van der Waals surface area (Å²) in [6.45, 7) is 0. The maximum atomic E-state index is 2.46. The fourth-order valence-corrected chi connectivity index (χ4v) is 8.52. The van der Waals surface area contributed by atoms with Crippen molar-refractivity contribution in [3.05, 3.63) is 194 Å². The van der Waals surface area contributed by atoms with Gasteiger partial charge in [-0.2, -0.15) is 0 Å². The smallest absolute Gasteiger partial charge is 0.0546 e. The monoisotopic (exact) mass is 660 g/mol. The summed E-state index contributed by atoms with van der Waals surface area (Å²) in [6, 6.07) is 71.0. The summed E-state index contributed by atoms with van der Waals surface area (Å²) in [5, 5.41) is 10.1. The predicted molar refractivity (Wildman–Crippen MR) is 221 cm³/mol. The summed E-state index contributed by atoms with van der Waals surface area (Å²) in [5.41, 5.74) is 12.1. The zero-order valence-corrected chi connectivity index (χ0v) is 28.4. The third-order valence-corrected chi connectivity index (χ3v) is 10.9. The van der Waals surface area contributed by atoms with E-state index in [0.29, 0.717) is 0 Å². The highest BCUT2D eigenvalue weighted by Gasteiger charge is 2.17. The highest BCUT2D eigenvalue weighted by atomic mass is 15.0. The van der Waals surface area contributed by atoms with E-state index in [4.69, 9.17) is 0 Å². The van der Waals surface area contributed by atoms with Crippen LogP contribution in [-0.4, -0.2) is 9.13 Å². The van der Waals surface area contributed by atoms with Crippen molar-refractivity contribution in [1.29, 1.82) is 0 Å². The second kappa shape index (κ2) is 11.3. The Morgan fingerprint density at radius 2 is 0.731 bits per heavy atom. The number of nitrogens with zero attached hydrogens (tertiary/aromatic N) is 2. The van der Waals surface area contributed by atoms with Gasteiger partial charge in [0.2, 0.25) is 0 Å². The summed E-state index contributed by atoms with van der Waals surface area (Å²) in [4.78, 5) is 0. The van der Waals surface area contributed by atoms with Gasteiger partial charge in [-0.25, -0.2) is 0 Å². The number of aromatic nitrogens is 2. The fourth-order valence-electron chi connectivity index (χ4n) is 8.52. The normalized spacial score (nSPS) is 11.8. The third kappa shape index (κ3) is 4.31. The molecule has 11 rings (SSSR count). The van der Waals surface area contributed by atoms with E-state index in [0.717, 1.165) is 0 Å². The lowest BCUT2D eigenvalue weighted by Gasteiger charge is -2.14. The van der Waals surface area contributed by atoms with Crippen molar-refractivity contribution in [2.24, 2.45) is 0 Å². The number of hydrogen-bond acceptors (Lipinski definition) is 0. The molecule has 0 aliphatic carbocycles. The van der Waals surface area contributed by atoms with Crippen LogP contribution in [0.3, 0.4) is 0 Å². The van der Waals surface area contributed by atoms with Gasteiger partial charge in [0.25, 0.3) is 0 Å². The Bertz CT molecular complexity index is 3180. The van der Waals surface area contributed by atoms with Crippen molar-refractivity contribution in [3.8, 4) is 33.6 Å². The largest absolute Gasteiger partial charge is 0.309 e. The van der Waals surface area contributed by atoms with Crippen molar-refractivity contribution < 1.29 is 0 Å². The number of para-hydroxylation sites is 3. The van der Waals surface area contributed by atoms with Gasteiger partial charge in [-0.1, -0.05) is 133 Å². The summed E-state index contributed by atoms with van der Waals surface area (Å²) in [5.74, 6) is 0. The van der Waals surface area contributed by atoms with Crippen molar-refractivity contribution in [1.82, 2.24) is 9.13 Å². The molecule has 0 bridgehead atoms. The molecule has 2 heteroatoms. The minimum absolute atomic E-state index is 1.17. The summed E-state index contributed by atoms with van der Waals surface area (Å²) in [7, 11) is 0. The van der Waals surface area contributed by atoms with Crippen LogP contribution in [0, 0.1) is 0 Å². The molecule has 0 fully saturated rings. The average Bonchev–Trinajstić information content (AvgIpc) is 3.73. The van der Waals surface area contributed by atoms with Gasteiger partial charge in [0.1, 0.15) is 0 Å². The van der Waals surface area contributed by atoms with E-state index in [1.165, 1.54) is 98.8 Å². The molecule has 0 saturated heterocycles. The van der Waals surface area contributed by atoms with Crippen LogP contribution in [0.2, 0.25) is 0 Å². The van der Waals surface area contributed by atoms with Gasteiger partial charge in [-0.15, -0.1) is 0 Å². The molecule has 242 valence electrons. The average molecular weight is 661 g/mol. The van der Waals surface area contributed by atoms with Gasteiger partial charge in [-0.05, 0) is 99.1 Å². The van der Waals surface area contributed by atoms with Crippen molar-refractivity contribution in [3.63, 3.8) is 0 Å². The first-order valence-corrected chi connectivity index (χ1v) is 17.9. The van der Waals surface area contributed by atoms with Crippen LogP contribution in [0.5, 0.6) is 0 Å². The third-order valence-electron chi connectivity index (χ3n) is 10.9. The minimum Gasteiger partial charge on any atom is -0.309 e. The van der Waals surface area contributed by atoms with E-state index in [1.54, 1.807) is 0 Å². The molecule has 52 heavy (non-hydrogen) atoms. The maximum Gasteiger partial charge on any atom is 0.0546 e. The van der Waals surface area contributed by atoms with Gasteiger partial charge < -0.3 is 9.13 Å². The zero-order chi connectivity index (χ0) is 34.2. The second-order valence-electron chi connectivity index (χ2n) is 13.7. The SMILES string of the molecule is c1ccc(-n2c3ccccc3c3cc(-c4cccc(-c5ccc6c(c5)c5ccccc5n6-c5cc6ccccc6c6ccccc56)c4)ccc32)cc1. The quantitative estimate of drug-likeness (QED) is 0.166. The number of benzene rings is 9. The van der Waals surface area contributed by atoms with Crippen LogP contribution in [0.4, 0.5) is 0 Å². The molecule has 2 aromatic heterocycles. The molecule has 0 spiro atoms. The number of rotatable bonds is 4. The molecule has 0 amide bonds. The fraction of sp³-hybridized carbons (Fsp3) is 0. The lowest BCUT2D eigenvalue weighted by molar-refractivity contribution is 1.18. The van der Waals surface area contributed by atoms with Gasteiger partial charge in [-0.3, -0.25) is 0 Å². The van der Waals surface area contributed by atoms with E-state index in [1.807, 2.05) is 0 Å². The van der Waals surface area contributed by atoms with Crippen LogP contribution >= 0.6 is 0 Å². The molecule has 2 heterocycles. The van der Waals surface area contributed by atoms with E-state index in [9.17, 15) is 0 Å². The topological polar surface area (TPSA) is 9.86 Å². The van der Waals surface area contributed by atoms with Crippen molar-refractivity contribution >= 4 is 65.2 Å². The molecule has 11 aromatic rings. The number of fused-ring (bicyclic) bond motifs is 9. The molecular weight excluding hydrogens is 629 g/mol. The van der Waals surface area contributed by atoms with Crippen LogP contribution in [-0.2, 0) is 0 Å². The first-order chi connectivity index (χ1) is 25.8. The van der Waals surface area contributed by atoms with Crippen molar-refractivity contribution in [2.75, 3.05) is 0 Å². The Morgan fingerprint density at radius 3 is 1.40 bits per heavy atom. The maximum absolute atomic E-state index is 2.46. The predicted octanol–water partition coefficient (Wildman–Crippen LogP) is 13.5. The van der Waals surface area contributed by atoms with Gasteiger partial charge >= 0.3 is 0 Å². The Hall–Kier alpha value is -6.90. The van der Waals surface area contributed by atoms with E-state index in [-0.39, 0.29) is 0 Å². The standard InChI is InChI=1S/C50H32N2/c1-2-16-38(17-3-1)51-46-23-10-8-21-42(46)44-30-35(25-27-48(44)51)33-14-12-15-34(29-33)36-26-28-49-45(31-36)43-22-9-11-24-47(43)52(49)50-32-37-13-4-5-18-39(37)40-19-6-7-20-41(40)50/h1-32H. The van der Waals surface area contributed by atoms with E-state index >= 15 is 0 Å². The van der Waals surface area contributed by atoms with Crippen LogP contribution in [0.15, 0.2) is 194 Å². The van der Waals surface area contributed by atoms with Crippen LogP contribution in [0.1, 0.15) is 0 Å². The summed E-state index contributed by atoms with van der Waals surface area (Å²) in [6.07, 6.45) is 0. The minimum atomic E-state index is 1.17. The van der Waals surface area contributed by atoms with Gasteiger partial charge in [0, 0.05) is 32.6 Å². The molecule has 0 aliphatic heterocycles. The molecule has 0 atom stereocenters. The first-order valence-electron chi connectivity index (χ1n) is 17.9. The summed E-state index contributed by atoms with van der Waals surface area (Å²) >= 11 is 0. The molecular formula is C50H32N2. The van der Waals surface area contributed by atoms with Gasteiger partial charge in [0.05, 0.1) is 27.8 Å². The zero-order valence-electron chi connectivity index (χ0n) is 28.4. The second-order valence-corrected chi connectivity index (χ2v) is 13.7. The first kappa shape index (κ1) is 28.9. The van der Waals surface area contributed by atoms with Crippen LogP contribution < -0.4 is 0 Å². The number of hydrogen-bond donors (Lipinski definition) is 0. The molecule has 9 aromatic carbocycles. The van der Waals surface area contributed by atoms with E-state index < -0.39 is 0 Å². The Morgan fingerprint density at radius 1 is 0.250 bits per heavy atom. The van der Waals surface area contributed by atoms with Crippen molar-refractivity contribution in [2.45, 2.75) is 0 Å². The lowest BCUT2D eigenvalue weighted by atomic mass is 9.97. The molecule has 0 saturated carbocycles. The molecule has 0 radical (unpaired) electrons. The Labute approximate surface area is 301 Å². The Balaban J connectivity index is 1.06. The molecule has 2 nitrogen and oxygen atoms in total. The molecule has 0 unspecified atom stereocenters. The molecule has 0 N–H and O–H groups in total. The molecule has 0 aliphatic rings. The highest BCUT2D eigenvalue weighted by molar-refractivity contribution is 6.16. The Kier molecular flexibility index (Phi) is 6.28. The van der Waals surface area contributed by atoms with E-state index in [2.05, 4.69) is 203 Å². The summed E-state index contributed by atoms with van der Waals surface area (Å²) < 4.78 is 4.83. The van der Waals surface area contributed by atoms with Crippen LogP contribution in [0.25, 0.3) is 98.8 Å². The highest BCUT2D eigenvalue weighted by Crippen LogP contribution is 2.40.